The minimum atomic E-state index is -0.631. The fraction of sp³-hybridized carbons (Fsp3) is 0.842. The number of rotatable bonds is 3. The lowest BCUT2D eigenvalue weighted by molar-refractivity contribution is -0.134. The minimum absolute atomic E-state index is 0.0890. The molecule has 7 heteroatoms. The lowest BCUT2D eigenvalue weighted by atomic mass is 9.84. The second-order valence-corrected chi connectivity index (χ2v) is 9.60. The second-order valence-electron chi connectivity index (χ2n) is 9.60. The molecule has 0 aliphatic carbocycles. The van der Waals surface area contributed by atoms with Crippen molar-refractivity contribution in [2.45, 2.75) is 91.4 Å². The fourth-order valence-electron chi connectivity index (χ4n) is 2.93. The van der Waals surface area contributed by atoms with E-state index < -0.39 is 28.9 Å². The van der Waals surface area contributed by atoms with Crippen LogP contribution in [0.15, 0.2) is 0 Å². The topological polar surface area (TPSA) is 84.9 Å². The second kappa shape index (κ2) is 7.84. The Bertz CT molecular complexity index is 543. The van der Waals surface area contributed by atoms with Crippen LogP contribution in [0, 0.1) is 5.92 Å². The van der Waals surface area contributed by atoms with Crippen LogP contribution in [-0.4, -0.2) is 46.3 Å². The number of likely N-dealkylation sites (tertiary alicyclic amines) is 1. The standard InChI is InChI=1S/C19H34N2O5/c1-17(2,3)25-15(23)20-19(7,8)12-13-9-10-21(14(22)11-13)16(24)26-18(4,5)6/h13H,9-12H2,1-8H3,(H,20,23)/t13-/m0/s1. The van der Waals surface area contributed by atoms with Crippen LogP contribution in [0.5, 0.6) is 0 Å². The van der Waals surface area contributed by atoms with E-state index in [9.17, 15) is 14.4 Å². The summed E-state index contributed by atoms with van der Waals surface area (Å²) in [5.41, 5.74) is -1.70. The molecule has 1 saturated heterocycles. The SMILES string of the molecule is CC(C)(C[C@H]1CCN(C(=O)OC(C)(C)C)C(=O)C1)NC(=O)OC(C)(C)C. The first-order chi connectivity index (χ1) is 11.6. The molecule has 0 aromatic rings. The largest absolute Gasteiger partial charge is 0.444 e. The Hall–Kier alpha value is -1.79. The molecule has 0 spiro atoms. The normalized spacial score (nSPS) is 19.2. The van der Waals surface area contributed by atoms with Gasteiger partial charge in [0, 0.05) is 18.5 Å². The van der Waals surface area contributed by atoms with Crippen LogP contribution in [0.4, 0.5) is 9.59 Å². The van der Waals surface area contributed by atoms with Gasteiger partial charge in [-0.15, -0.1) is 0 Å². The van der Waals surface area contributed by atoms with Crippen LogP contribution in [0.1, 0.15) is 74.7 Å². The molecule has 7 nitrogen and oxygen atoms in total. The maximum Gasteiger partial charge on any atom is 0.417 e. The third-order valence-electron chi connectivity index (χ3n) is 3.78. The summed E-state index contributed by atoms with van der Waals surface area (Å²) in [5.74, 6) is -0.144. The van der Waals surface area contributed by atoms with E-state index in [1.807, 2.05) is 34.6 Å². The highest BCUT2D eigenvalue weighted by atomic mass is 16.6. The van der Waals surface area contributed by atoms with Crippen molar-refractivity contribution in [2.24, 2.45) is 5.92 Å². The van der Waals surface area contributed by atoms with Crippen molar-refractivity contribution in [1.82, 2.24) is 10.2 Å². The summed E-state index contributed by atoms with van der Waals surface area (Å²) in [6.45, 7) is 14.9. The summed E-state index contributed by atoms with van der Waals surface area (Å²) in [6, 6.07) is 0. The number of nitrogens with one attached hydrogen (secondary N) is 1. The molecule has 1 atom stereocenters. The highest BCUT2D eigenvalue weighted by molar-refractivity contribution is 5.92. The number of carbonyl (C=O) groups excluding carboxylic acids is 3. The smallest absolute Gasteiger partial charge is 0.417 e. The van der Waals surface area contributed by atoms with Gasteiger partial charge in [-0.3, -0.25) is 4.79 Å². The van der Waals surface area contributed by atoms with Gasteiger partial charge in [0.05, 0.1) is 0 Å². The molecule has 0 aromatic carbocycles. The first-order valence-corrected chi connectivity index (χ1v) is 9.12. The van der Waals surface area contributed by atoms with Gasteiger partial charge in [0.25, 0.3) is 0 Å². The van der Waals surface area contributed by atoms with Crippen LogP contribution in [0.3, 0.4) is 0 Å². The quantitative estimate of drug-likeness (QED) is 0.815. The molecule has 0 saturated carbocycles. The summed E-state index contributed by atoms with van der Waals surface area (Å²) in [7, 11) is 0. The maximum atomic E-state index is 12.3. The molecule has 0 aromatic heterocycles. The van der Waals surface area contributed by atoms with E-state index in [1.165, 1.54) is 4.90 Å². The number of amides is 3. The molecule has 3 amide bonds. The van der Waals surface area contributed by atoms with Crippen LogP contribution in [0.25, 0.3) is 0 Å². The molecule has 1 N–H and O–H groups in total. The Balaban J connectivity index is 2.57. The molecule has 1 aliphatic heterocycles. The first kappa shape index (κ1) is 22.3. The third kappa shape index (κ3) is 8.06. The monoisotopic (exact) mass is 370 g/mol. The summed E-state index contributed by atoms with van der Waals surface area (Å²) in [6.07, 6.45) is 0.510. The number of imide groups is 1. The van der Waals surface area contributed by atoms with Crippen molar-refractivity contribution in [3.05, 3.63) is 0 Å². The van der Waals surface area contributed by atoms with E-state index in [1.54, 1.807) is 20.8 Å². The fourth-order valence-corrected chi connectivity index (χ4v) is 2.93. The van der Waals surface area contributed by atoms with E-state index in [4.69, 9.17) is 9.47 Å². The molecule has 0 bridgehead atoms. The molecular weight excluding hydrogens is 336 g/mol. The minimum Gasteiger partial charge on any atom is -0.444 e. The van der Waals surface area contributed by atoms with Crippen LogP contribution >= 0.6 is 0 Å². The van der Waals surface area contributed by atoms with Crippen molar-refractivity contribution < 1.29 is 23.9 Å². The van der Waals surface area contributed by atoms with Gasteiger partial charge in [-0.25, -0.2) is 14.5 Å². The summed E-state index contributed by atoms with van der Waals surface area (Å²) >= 11 is 0. The predicted octanol–water partition coefficient (Wildman–Crippen LogP) is 3.85. The number of hydrogen-bond acceptors (Lipinski definition) is 5. The highest BCUT2D eigenvalue weighted by Gasteiger charge is 2.36. The van der Waals surface area contributed by atoms with Gasteiger partial charge in [0.15, 0.2) is 0 Å². The molecule has 150 valence electrons. The van der Waals surface area contributed by atoms with Gasteiger partial charge in [0.1, 0.15) is 11.2 Å². The van der Waals surface area contributed by atoms with Gasteiger partial charge >= 0.3 is 12.2 Å². The Morgan fingerprint density at radius 2 is 1.58 bits per heavy atom. The molecule has 1 heterocycles. The number of nitrogens with zero attached hydrogens (tertiary/aromatic N) is 1. The number of carbonyl (C=O) groups is 3. The lowest BCUT2D eigenvalue weighted by Gasteiger charge is -2.36. The van der Waals surface area contributed by atoms with Crippen molar-refractivity contribution in [2.75, 3.05) is 6.54 Å². The molecule has 0 unspecified atom stereocenters. The number of alkyl carbamates (subject to hydrolysis) is 1. The molecule has 1 fully saturated rings. The average molecular weight is 370 g/mol. The van der Waals surface area contributed by atoms with E-state index in [-0.39, 0.29) is 18.2 Å². The van der Waals surface area contributed by atoms with Crippen molar-refractivity contribution in [3.63, 3.8) is 0 Å². The van der Waals surface area contributed by atoms with Crippen molar-refractivity contribution >= 4 is 18.1 Å². The van der Waals surface area contributed by atoms with Gasteiger partial charge in [-0.1, -0.05) is 0 Å². The molecule has 0 radical (unpaired) electrons. The van der Waals surface area contributed by atoms with E-state index >= 15 is 0 Å². The van der Waals surface area contributed by atoms with Crippen molar-refractivity contribution in [1.29, 1.82) is 0 Å². The maximum absolute atomic E-state index is 12.3. The predicted molar refractivity (Wildman–Crippen MR) is 98.7 cm³/mol. The lowest BCUT2D eigenvalue weighted by Crippen LogP contribution is -2.49. The zero-order valence-electron chi connectivity index (χ0n) is 17.4. The van der Waals surface area contributed by atoms with Crippen LogP contribution in [0.2, 0.25) is 0 Å². The Kier molecular flexibility index (Phi) is 6.71. The zero-order chi connectivity index (χ0) is 20.3. The molecule has 26 heavy (non-hydrogen) atoms. The first-order valence-electron chi connectivity index (χ1n) is 9.12. The summed E-state index contributed by atoms with van der Waals surface area (Å²) in [5, 5.41) is 2.86. The third-order valence-corrected chi connectivity index (χ3v) is 3.78. The van der Waals surface area contributed by atoms with Gasteiger partial charge < -0.3 is 14.8 Å². The highest BCUT2D eigenvalue weighted by Crippen LogP contribution is 2.28. The van der Waals surface area contributed by atoms with Crippen molar-refractivity contribution in [3.8, 4) is 0 Å². The number of ether oxygens (including phenoxy) is 2. The van der Waals surface area contributed by atoms with Crippen LogP contribution < -0.4 is 5.32 Å². The van der Waals surface area contributed by atoms with Gasteiger partial charge in [-0.2, -0.15) is 0 Å². The Morgan fingerprint density at radius 3 is 2.04 bits per heavy atom. The van der Waals surface area contributed by atoms with Crippen LogP contribution in [-0.2, 0) is 14.3 Å². The number of piperidine rings is 1. The summed E-state index contributed by atoms with van der Waals surface area (Å²) < 4.78 is 10.6. The summed E-state index contributed by atoms with van der Waals surface area (Å²) in [4.78, 5) is 37.6. The Labute approximate surface area is 156 Å². The molecule has 1 aliphatic rings. The number of hydrogen-bond donors (Lipinski definition) is 1. The Morgan fingerprint density at radius 1 is 1.04 bits per heavy atom. The average Bonchev–Trinajstić information content (AvgIpc) is 2.31. The molecular formula is C19H34N2O5. The molecule has 1 rings (SSSR count). The van der Waals surface area contributed by atoms with E-state index in [0.29, 0.717) is 19.4 Å². The van der Waals surface area contributed by atoms with E-state index in [0.717, 1.165) is 0 Å². The van der Waals surface area contributed by atoms with Gasteiger partial charge in [-0.05, 0) is 74.1 Å². The van der Waals surface area contributed by atoms with E-state index in [2.05, 4.69) is 5.32 Å². The van der Waals surface area contributed by atoms with Gasteiger partial charge in [0.2, 0.25) is 5.91 Å². The zero-order valence-corrected chi connectivity index (χ0v) is 17.4.